The molecule has 3 aliphatic rings. The van der Waals surface area contributed by atoms with E-state index in [0.717, 1.165) is 0 Å². The topological polar surface area (TPSA) is 52.6 Å². The normalized spacial score (nSPS) is 60.0. The van der Waals surface area contributed by atoms with Crippen LogP contribution in [0.15, 0.2) is 0 Å². The molecule has 3 aliphatic heterocycles. The summed E-state index contributed by atoms with van der Waals surface area (Å²) in [7, 11) is -4.14. The molecule has 6 atom stereocenters. The summed E-state index contributed by atoms with van der Waals surface area (Å²) in [6.07, 6.45) is -6.69. The molecule has 0 N–H and O–H groups in total. The molecule has 0 bridgehead atoms. The molecule has 3 heterocycles. The van der Waals surface area contributed by atoms with Crippen LogP contribution < -0.4 is 0 Å². The lowest BCUT2D eigenvalue weighted by Gasteiger charge is -2.28. The van der Waals surface area contributed by atoms with E-state index >= 15 is 0 Å². The molecule has 3 fully saturated rings. The van der Waals surface area contributed by atoms with Crippen LogP contribution in [0, 0.1) is 17.2 Å². The van der Waals surface area contributed by atoms with Crippen LogP contribution in [0.4, 0.5) is 0 Å². The van der Waals surface area contributed by atoms with Gasteiger partial charge >= 0.3 is 0 Å². The number of ether oxygens (including phenoxy) is 2. The number of rotatable bonds is 1. The average molecular weight is 307 g/mol. The molecular weight excluding hydrogens is 276 g/mol. The van der Waals surface area contributed by atoms with Gasteiger partial charge in [-0.2, -0.15) is 0 Å². The third-order valence-electron chi connectivity index (χ3n) is 4.40. The average Bonchev–Trinajstić information content (AvgIpc) is 2.89. The first kappa shape index (κ1) is 9.80. The van der Waals surface area contributed by atoms with Gasteiger partial charge in [0.1, 0.15) is 0 Å². The third-order valence-corrected chi connectivity index (χ3v) is 7.01. The minimum absolute atomic E-state index is 0.182. The Morgan fingerprint density at radius 2 is 2.00 bits per heavy atom. The van der Waals surface area contributed by atoms with Gasteiger partial charge < -0.3 is 9.47 Å². The van der Waals surface area contributed by atoms with Gasteiger partial charge in [0.2, 0.25) is 0 Å². The summed E-state index contributed by atoms with van der Waals surface area (Å²) >= 11 is 0. The van der Waals surface area contributed by atoms with Crippen molar-refractivity contribution in [1.29, 1.82) is 0 Å². The number of fused-ring (bicyclic) bond motifs is 1. The van der Waals surface area contributed by atoms with Crippen molar-refractivity contribution in [2.24, 2.45) is 17.2 Å². The van der Waals surface area contributed by atoms with Gasteiger partial charge in [0.25, 0.3) is 0 Å². The highest BCUT2D eigenvalue weighted by Crippen LogP contribution is 2.46. The van der Waals surface area contributed by atoms with Crippen LogP contribution >= 0.6 is 0 Å². The minimum atomic E-state index is -4.14. The van der Waals surface area contributed by atoms with Crippen LogP contribution in [-0.2, 0) is 19.3 Å². The molecule has 0 aromatic carbocycles. The van der Waals surface area contributed by atoms with Crippen molar-refractivity contribution in [3.05, 3.63) is 0 Å². The lowest BCUT2D eigenvalue weighted by molar-refractivity contribution is -0.116. The molecule has 0 saturated carbocycles. The van der Waals surface area contributed by atoms with Gasteiger partial charge in [-0.25, -0.2) is 8.42 Å². The van der Waals surface area contributed by atoms with Crippen molar-refractivity contribution in [3.8, 4) is 0 Å². The van der Waals surface area contributed by atoms with E-state index in [4.69, 9.17) is 16.3 Å². The zero-order valence-corrected chi connectivity index (χ0v) is 13.2. The molecule has 0 spiro atoms. The molecular formula is C15H26O4S. The second kappa shape index (κ2) is 4.68. The summed E-state index contributed by atoms with van der Waals surface area (Å²) in [5, 5.41) is -3.08. The molecule has 0 radical (unpaired) electrons. The van der Waals surface area contributed by atoms with E-state index < -0.39 is 56.8 Å². The fourth-order valence-corrected chi connectivity index (χ4v) is 5.61. The Morgan fingerprint density at radius 3 is 2.55 bits per heavy atom. The van der Waals surface area contributed by atoms with Crippen LogP contribution in [0.1, 0.15) is 53.7 Å². The van der Waals surface area contributed by atoms with Gasteiger partial charge in [-0.1, -0.05) is 27.7 Å². The van der Waals surface area contributed by atoms with Crippen molar-refractivity contribution in [1.82, 2.24) is 0 Å². The van der Waals surface area contributed by atoms with E-state index in [1.54, 1.807) is 27.7 Å². The highest BCUT2D eigenvalue weighted by atomic mass is 32.2. The van der Waals surface area contributed by atoms with E-state index in [1.807, 2.05) is 0 Å². The minimum Gasteiger partial charge on any atom is -0.352 e. The SMILES string of the molecule is [2H]C1(C)COC2OC(C3C([2H])([2H])C([2H])([2H])C(C(C)(C)C)S3(=O)=O)CC21. The predicted octanol–water partition coefficient (Wildman–Crippen LogP) is 2.38. The lowest BCUT2D eigenvalue weighted by Crippen LogP contribution is -2.38. The van der Waals surface area contributed by atoms with Gasteiger partial charge in [-0.3, -0.25) is 0 Å². The molecule has 0 aromatic rings. The van der Waals surface area contributed by atoms with E-state index in [0.29, 0.717) is 0 Å². The van der Waals surface area contributed by atoms with Gasteiger partial charge in [0.15, 0.2) is 16.1 Å². The Morgan fingerprint density at radius 1 is 1.30 bits per heavy atom. The Bertz CT molecular complexity index is 670. The number of sulfone groups is 1. The first-order valence-electron chi connectivity index (χ1n) is 9.54. The van der Waals surface area contributed by atoms with E-state index in [2.05, 4.69) is 0 Å². The molecule has 0 amide bonds. The number of hydrogen-bond donors (Lipinski definition) is 0. The van der Waals surface area contributed by atoms with Crippen molar-refractivity contribution in [2.45, 2.75) is 69.8 Å². The Kier molecular flexibility index (Phi) is 2.29. The number of hydrogen-bond acceptors (Lipinski definition) is 4. The highest BCUT2D eigenvalue weighted by molar-refractivity contribution is 7.93. The van der Waals surface area contributed by atoms with Crippen LogP contribution in [0.5, 0.6) is 0 Å². The second-order valence-corrected chi connectivity index (χ2v) is 9.24. The molecule has 0 aliphatic carbocycles. The van der Waals surface area contributed by atoms with Crippen molar-refractivity contribution < 1.29 is 24.7 Å². The maximum atomic E-state index is 13.2. The van der Waals surface area contributed by atoms with Gasteiger partial charge in [0.05, 0.1) is 23.2 Å². The Labute approximate surface area is 129 Å². The largest absolute Gasteiger partial charge is 0.352 e. The van der Waals surface area contributed by atoms with Crippen LogP contribution in [0.25, 0.3) is 0 Å². The van der Waals surface area contributed by atoms with Crippen molar-refractivity contribution in [3.63, 3.8) is 0 Å². The Hall–Kier alpha value is -0.130. The molecule has 0 aromatic heterocycles. The molecule has 3 saturated heterocycles. The molecule has 3 rings (SSSR count). The molecule has 4 nitrogen and oxygen atoms in total. The van der Waals surface area contributed by atoms with Crippen molar-refractivity contribution >= 4 is 9.84 Å². The van der Waals surface area contributed by atoms with Crippen LogP contribution in [0.3, 0.4) is 0 Å². The van der Waals surface area contributed by atoms with Gasteiger partial charge in [-0.15, -0.1) is 0 Å². The summed E-state index contributed by atoms with van der Waals surface area (Å²) < 4.78 is 79.0. The standard InChI is InChI=1S/C15H26O4S/c1-9-8-18-14-10(9)7-11(19-14)12-5-6-13(15(2,3)4)20(12,16)17/h9-14H,5-8H2,1-4H3/i5D2,6D2,9D. The summed E-state index contributed by atoms with van der Waals surface area (Å²) in [5.41, 5.74) is -0.959. The smallest absolute Gasteiger partial charge is 0.161 e. The summed E-state index contributed by atoms with van der Waals surface area (Å²) in [6, 6.07) is 0. The monoisotopic (exact) mass is 307 g/mol. The van der Waals surface area contributed by atoms with Gasteiger partial charge in [-0.05, 0) is 30.5 Å². The predicted molar refractivity (Wildman–Crippen MR) is 77.1 cm³/mol. The van der Waals surface area contributed by atoms with E-state index in [1.165, 1.54) is 0 Å². The Balaban J connectivity index is 2.02. The summed E-state index contributed by atoms with van der Waals surface area (Å²) in [6.45, 7) is 6.71. The van der Waals surface area contributed by atoms with Crippen LogP contribution in [0.2, 0.25) is 0 Å². The molecule has 5 heteroatoms. The van der Waals surface area contributed by atoms with E-state index in [-0.39, 0.29) is 18.9 Å². The first-order valence-corrected chi connectivity index (χ1v) is 8.65. The van der Waals surface area contributed by atoms with Crippen LogP contribution in [-0.4, -0.2) is 37.9 Å². The first-order chi connectivity index (χ1) is 11.0. The fraction of sp³-hybridized carbons (Fsp3) is 1.00. The fourth-order valence-electron chi connectivity index (χ4n) is 3.27. The van der Waals surface area contributed by atoms with Crippen molar-refractivity contribution in [2.75, 3.05) is 6.61 Å². The highest BCUT2D eigenvalue weighted by Gasteiger charge is 2.54. The molecule has 6 unspecified atom stereocenters. The third kappa shape index (κ3) is 2.22. The molecule has 20 heavy (non-hydrogen) atoms. The zero-order valence-electron chi connectivity index (χ0n) is 17.3. The summed E-state index contributed by atoms with van der Waals surface area (Å²) in [4.78, 5) is 0. The maximum Gasteiger partial charge on any atom is 0.161 e. The van der Waals surface area contributed by atoms with E-state index in [9.17, 15) is 8.42 Å². The quantitative estimate of drug-likeness (QED) is 0.746. The lowest BCUT2D eigenvalue weighted by atomic mass is 9.88. The zero-order chi connectivity index (χ0) is 19.2. The maximum absolute atomic E-state index is 13.2. The summed E-state index contributed by atoms with van der Waals surface area (Å²) in [5.74, 6) is -1.26. The molecule has 116 valence electrons. The second-order valence-electron chi connectivity index (χ2n) is 7.09. The van der Waals surface area contributed by atoms with Gasteiger partial charge in [0, 0.05) is 12.8 Å².